The summed E-state index contributed by atoms with van der Waals surface area (Å²) in [6.45, 7) is 3.33. The number of halogens is 1. The maximum atomic E-state index is 6.58. The minimum absolute atomic E-state index is 0.405. The first-order valence-electron chi connectivity index (χ1n) is 9.50. The Morgan fingerprint density at radius 1 is 0.867 bits per heavy atom. The first-order chi connectivity index (χ1) is 14.6. The fourth-order valence-electron chi connectivity index (χ4n) is 3.26. The van der Waals surface area contributed by atoms with Crippen molar-refractivity contribution < 1.29 is 9.47 Å². The van der Waals surface area contributed by atoms with E-state index >= 15 is 0 Å². The van der Waals surface area contributed by atoms with E-state index in [1.54, 1.807) is 25.6 Å². The molecule has 0 fully saturated rings. The van der Waals surface area contributed by atoms with Gasteiger partial charge >= 0.3 is 0 Å². The minimum Gasteiger partial charge on any atom is -0.497 e. The lowest BCUT2D eigenvalue weighted by molar-refractivity contribution is 0.414. The molecule has 2 heterocycles. The van der Waals surface area contributed by atoms with Crippen LogP contribution in [-0.2, 0) is 13.1 Å². The lowest BCUT2D eigenvalue weighted by atomic mass is 10.1. The molecule has 0 aliphatic rings. The lowest BCUT2D eigenvalue weighted by Gasteiger charge is -2.25. The average molecular weight is 440 g/mol. The molecule has 2 aromatic heterocycles. The second kappa shape index (κ2) is 8.90. The van der Waals surface area contributed by atoms with E-state index in [-0.39, 0.29) is 0 Å². The molecular weight excluding hydrogens is 418 g/mol. The van der Waals surface area contributed by atoms with E-state index in [1.807, 2.05) is 37.3 Å². The molecule has 0 amide bonds. The monoisotopic (exact) mass is 439 g/mol. The van der Waals surface area contributed by atoms with Crippen molar-refractivity contribution in [1.82, 2.24) is 9.97 Å². The van der Waals surface area contributed by atoms with E-state index < -0.39 is 0 Å². The number of rotatable bonds is 7. The van der Waals surface area contributed by atoms with Crippen molar-refractivity contribution in [2.75, 3.05) is 19.1 Å². The summed E-state index contributed by atoms with van der Waals surface area (Å²) < 4.78 is 10.6. The number of methoxy groups -OCH3 is 2. The summed E-state index contributed by atoms with van der Waals surface area (Å²) in [6.07, 6.45) is 0. The van der Waals surface area contributed by atoms with E-state index in [0.717, 1.165) is 37.9 Å². The van der Waals surface area contributed by atoms with Gasteiger partial charge in [-0.1, -0.05) is 35.9 Å². The molecule has 4 aromatic rings. The predicted octanol–water partition coefficient (Wildman–Crippen LogP) is 5.88. The van der Waals surface area contributed by atoms with Gasteiger partial charge in [-0.15, -0.1) is 11.3 Å². The Hall–Kier alpha value is -2.83. The maximum Gasteiger partial charge on any atom is 0.172 e. The van der Waals surface area contributed by atoms with Gasteiger partial charge in [0.15, 0.2) is 11.0 Å². The van der Waals surface area contributed by atoms with Crippen LogP contribution in [0.3, 0.4) is 0 Å². The molecule has 5 nitrogen and oxygen atoms in total. The van der Waals surface area contributed by atoms with Gasteiger partial charge in [0, 0.05) is 18.0 Å². The Morgan fingerprint density at radius 2 is 1.40 bits per heavy atom. The van der Waals surface area contributed by atoms with E-state index in [2.05, 4.69) is 34.1 Å². The molecule has 0 radical (unpaired) electrons. The molecule has 0 atom stereocenters. The molecular formula is C23H22ClN3O2S. The zero-order valence-electron chi connectivity index (χ0n) is 17.1. The first kappa shape index (κ1) is 20.4. The van der Waals surface area contributed by atoms with Gasteiger partial charge in [-0.3, -0.25) is 0 Å². The van der Waals surface area contributed by atoms with Crippen LogP contribution in [0.1, 0.15) is 16.0 Å². The minimum atomic E-state index is 0.405. The van der Waals surface area contributed by atoms with Crippen LogP contribution < -0.4 is 14.4 Å². The van der Waals surface area contributed by atoms with Gasteiger partial charge in [0.1, 0.15) is 21.8 Å². The van der Waals surface area contributed by atoms with Crippen LogP contribution in [0, 0.1) is 6.92 Å². The number of fused-ring (bicyclic) bond motifs is 1. The number of anilines is 1. The van der Waals surface area contributed by atoms with E-state index in [9.17, 15) is 0 Å². The second-order valence-corrected chi connectivity index (χ2v) is 8.53. The SMILES string of the molecule is COc1ccc(CN(Cc2ccc(OC)cc2)c2nc3sc(C)cc3nc2Cl)cc1. The molecule has 0 bridgehead atoms. The van der Waals surface area contributed by atoms with Gasteiger partial charge in [-0.05, 0) is 48.4 Å². The van der Waals surface area contributed by atoms with Crippen LogP contribution in [-0.4, -0.2) is 24.2 Å². The van der Waals surface area contributed by atoms with E-state index in [1.165, 1.54) is 0 Å². The summed E-state index contributed by atoms with van der Waals surface area (Å²) in [7, 11) is 3.33. The number of hydrogen-bond acceptors (Lipinski definition) is 6. The van der Waals surface area contributed by atoms with Crippen LogP contribution in [0.15, 0.2) is 54.6 Å². The Labute approximate surface area is 184 Å². The van der Waals surface area contributed by atoms with Crippen molar-refractivity contribution in [3.63, 3.8) is 0 Å². The predicted molar refractivity (Wildman–Crippen MR) is 123 cm³/mol. The molecule has 154 valence electrons. The smallest absolute Gasteiger partial charge is 0.172 e. The molecule has 30 heavy (non-hydrogen) atoms. The number of aryl methyl sites for hydroxylation is 1. The van der Waals surface area contributed by atoms with Crippen LogP contribution in [0.4, 0.5) is 5.82 Å². The van der Waals surface area contributed by atoms with Crippen LogP contribution in [0.2, 0.25) is 5.15 Å². The number of benzene rings is 2. The van der Waals surface area contributed by atoms with Crippen molar-refractivity contribution >= 4 is 39.1 Å². The molecule has 0 saturated heterocycles. The Bertz CT molecular complexity index is 1090. The highest BCUT2D eigenvalue weighted by Crippen LogP contribution is 2.31. The maximum absolute atomic E-state index is 6.58. The third-order valence-electron chi connectivity index (χ3n) is 4.79. The van der Waals surface area contributed by atoms with Crippen LogP contribution in [0.5, 0.6) is 11.5 Å². The summed E-state index contributed by atoms with van der Waals surface area (Å²) in [5, 5.41) is 0.405. The lowest BCUT2D eigenvalue weighted by Crippen LogP contribution is -2.23. The molecule has 0 aliphatic carbocycles. The average Bonchev–Trinajstić information content (AvgIpc) is 3.12. The van der Waals surface area contributed by atoms with Crippen molar-refractivity contribution in [3.05, 3.63) is 75.8 Å². The first-order valence-corrected chi connectivity index (χ1v) is 10.7. The topological polar surface area (TPSA) is 47.5 Å². The largest absolute Gasteiger partial charge is 0.497 e. The van der Waals surface area contributed by atoms with Gasteiger partial charge in [-0.25, -0.2) is 9.97 Å². The number of ether oxygens (including phenoxy) is 2. The molecule has 0 spiro atoms. The van der Waals surface area contributed by atoms with Crippen molar-refractivity contribution in [2.24, 2.45) is 0 Å². The fourth-order valence-corrected chi connectivity index (χ4v) is 4.33. The number of nitrogens with zero attached hydrogens (tertiary/aromatic N) is 3. The Balaban J connectivity index is 1.70. The summed E-state index contributed by atoms with van der Waals surface area (Å²) in [4.78, 5) is 13.6. The summed E-state index contributed by atoms with van der Waals surface area (Å²) in [5.74, 6) is 2.33. The zero-order chi connectivity index (χ0) is 21.1. The van der Waals surface area contributed by atoms with Crippen molar-refractivity contribution in [2.45, 2.75) is 20.0 Å². The highest BCUT2D eigenvalue weighted by molar-refractivity contribution is 7.18. The Kier molecular flexibility index (Phi) is 6.06. The zero-order valence-corrected chi connectivity index (χ0v) is 18.6. The summed E-state index contributed by atoms with van der Waals surface area (Å²) in [6, 6.07) is 18.0. The molecule has 0 saturated carbocycles. The third kappa shape index (κ3) is 4.50. The van der Waals surface area contributed by atoms with Crippen LogP contribution in [0.25, 0.3) is 10.3 Å². The normalized spacial score (nSPS) is 10.9. The molecule has 7 heteroatoms. The number of aromatic nitrogens is 2. The molecule has 0 unspecified atom stereocenters. The number of thiophene rings is 1. The Morgan fingerprint density at radius 3 is 1.90 bits per heavy atom. The highest BCUT2D eigenvalue weighted by atomic mass is 35.5. The summed E-state index contributed by atoms with van der Waals surface area (Å²) in [5.41, 5.74) is 3.09. The van der Waals surface area contributed by atoms with Gasteiger partial charge in [0.25, 0.3) is 0 Å². The van der Waals surface area contributed by atoms with Gasteiger partial charge in [0.05, 0.1) is 14.2 Å². The second-order valence-electron chi connectivity index (χ2n) is 6.94. The molecule has 2 aromatic carbocycles. The van der Waals surface area contributed by atoms with Crippen LogP contribution >= 0.6 is 22.9 Å². The van der Waals surface area contributed by atoms with Crippen molar-refractivity contribution in [3.8, 4) is 11.5 Å². The third-order valence-corrected chi connectivity index (χ3v) is 5.98. The molecule has 4 rings (SSSR count). The number of hydrogen-bond donors (Lipinski definition) is 0. The standard InChI is InChI=1S/C23H22ClN3O2S/c1-15-12-20-23(30-15)26-22(21(24)25-20)27(13-16-4-8-18(28-2)9-5-16)14-17-6-10-19(29-3)11-7-17/h4-12H,13-14H2,1-3H3. The molecule has 0 N–H and O–H groups in total. The van der Waals surface area contributed by atoms with Gasteiger partial charge in [-0.2, -0.15) is 0 Å². The van der Waals surface area contributed by atoms with Crippen molar-refractivity contribution in [1.29, 1.82) is 0 Å². The fraction of sp³-hybridized carbons (Fsp3) is 0.217. The van der Waals surface area contributed by atoms with E-state index in [4.69, 9.17) is 26.1 Å². The van der Waals surface area contributed by atoms with Gasteiger partial charge < -0.3 is 14.4 Å². The summed E-state index contributed by atoms with van der Waals surface area (Å²) >= 11 is 8.21. The molecule has 0 aliphatic heterocycles. The quantitative estimate of drug-likeness (QED) is 0.360. The van der Waals surface area contributed by atoms with Gasteiger partial charge in [0.2, 0.25) is 0 Å². The highest BCUT2D eigenvalue weighted by Gasteiger charge is 2.17. The van der Waals surface area contributed by atoms with E-state index in [0.29, 0.717) is 24.1 Å².